The highest BCUT2D eigenvalue weighted by atomic mass is 16.5. The lowest BCUT2D eigenvalue weighted by atomic mass is 9.95. The van der Waals surface area contributed by atoms with Crippen molar-refractivity contribution in [3.63, 3.8) is 0 Å². The van der Waals surface area contributed by atoms with Gasteiger partial charge in [-0.15, -0.1) is 0 Å². The van der Waals surface area contributed by atoms with E-state index in [-0.39, 0.29) is 0 Å². The zero-order valence-corrected chi connectivity index (χ0v) is 12.8. The van der Waals surface area contributed by atoms with Gasteiger partial charge in [0.05, 0.1) is 19.0 Å². The molecule has 1 saturated carbocycles. The summed E-state index contributed by atoms with van der Waals surface area (Å²) in [6.45, 7) is 2.67. The van der Waals surface area contributed by atoms with Crippen LogP contribution in [0.3, 0.4) is 0 Å². The van der Waals surface area contributed by atoms with Gasteiger partial charge in [-0.3, -0.25) is 0 Å². The topological polar surface area (TPSA) is 68.6 Å². The highest BCUT2D eigenvalue weighted by Crippen LogP contribution is 2.31. The number of aromatic nitrogens is 5. The Bertz CT molecular complexity index is 583. The molecular formula is C15H23N5O. The first-order valence-corrected chi connectivity index (χ1v) is 7.74. The molecule has 21 heavy (non-hydrogen) atoms. The smallest absolute Gasteiger partial charge is 0.179 e. The van der Waals surface area contributed by atoms with E-state index in [1.807, 2.05) is 6.92 Å². The molecule has 0 aromatic carbocycles. The van der Waals surface area contributed by atoms with E-state index in [0.29, 0.717) is 12.6 Å². The average molecular weight is 289 g/mol. The summed E-state index contributed by atoms with van der Waals surface area (Å²) < 4.78 is 7.25. The van der Waals surface area contributed by atoms with Gasteiger partial charge in [-0.05, 0) is 19.8 Å². The Morgan fingerprint density at radius 2 is 2.14 bits per heavy atom. The minimum absolute atomic E-state index is 0.452. The zero-order valence-electron chi connectivity index (χ0n) is 12.8. The van der Waals surface area contributed by atoms with Crippen molar-refractivity contribution in [3.05, 3.63) is 17.8 Å². The van der Waals surface area contributed by atoms with Crippen LogP contribution in [0.5, 0.6) is 0 Å². The second-order valence-electron chi connectivity index (χ2n) is 5.71. The Balaban J connectivity index is 1.95. The highest BCUT2D eigenvalue weighted by molar-refractivity contribution is 5.52. The summed E-state index contributed by atoms with van der Waals surface area (Å²) in [7, 11) is 1.71. The molecule has 114 valence electrons. The number of rotatable bonds is 5. The number of H-pyrrole nitrogens is 1. The predicted octanol–water partition coefficient (Wildman–Crippen LogP) is 2.67. The molecule has 1 aliphatic carbocycles. The SMILES string of the molecule is COCCc1nc(-c2nc[nH]c2C)n(C2CCCCC2)n1. The van der Waals surface area contributed by atoms with Crippen LogP contribution in [0, 0.1) is 6.92 Å². The minimum Gasteiger partial charge on any atom is -0.384 e. The second kappa shape index (κ2) is 6.39. The highest BCUT2D eigenvalue weighted by Gasteiger charge is 2.23. The summed E-state index contributed by atoms with van der Waals surface area (Å²) in [5.41, 5.74) is 1.95. The molecule has 1 N–H and O–H groups in total. The van der Waals surface area contributed by atoms with E-state index in [2.05, 4.69) is 14.6 Å². The third kappa shape index (κ3) is 3.00. The number of aromatic amines is 1. The van der Waals surface area contributed by atoms with E-state index in [4.69, 9.17) is 14.8 Å². The van der Waals surface area contributed by atoms with Crippen molar-refractivity contribution in [2.45, 2.75) is 51.5 Å². The van der Waals surface area contributed by atoms with Crippen molar-refractivity contribution >= 4 is 0 Å². The van der Waals surface area contributed by atoms with Crippen LogP contribution in [0.1, 0.15) is 49.7 Å². The maximum Gasteiger partial charge on any atom is 0.179 e. The number of hydrogen-bond acceptors (Lipinski definition) is 4. The van der Waals surface area contributed by atoms with E-state index in [9.17, 15) is 0 Å². The van der Waals surface area contributed by atoms with Crippen molar-refractivity contribution < 1.29 is 4.74 Å². The number of imidazole rings is 1. The molecule has 2 aromatic heterocycles. The van der Waals surface area contributed by atoms with Gasteiger partial charge in [-0.2, -0.15) is 5.10 Å². The third-order valence-corrected chi connectivity index (χ3v) is 4.17. The molecule has 1 aliphatic rings. The standard InChI is InChI=1S/C15H23N5O/c1-11-14(17-10-16-11)15-18-13(8-9-21-2)19-20(15)12-6-4-3-5-7-12/h10,12H,3-9H2,1-2H3,(H,16,17). The van der Waals surface area contributed by atoms with Crippen LogP contribution in [-0.4, -0.2) is 38.4 Å². The fraction of sp³-hybridized carbons (Fsp3) is 0.667. The zero-order chi connectivity index (χ0) is 14.7. The van der Waals surface area contributed by atoms with Gasteiger partial charge >= 0.3 is 0 Å². The number of methoxy groups -OCH3 is 1. The summed E-state index contributed by atoms with van der Waals surface area (Å²) in [4.78, 5) is 12.3. The molecule has 6 nitrogen and oxygen atoms in total. The van der Waals surface area contributed by atoms with Crippen LogP contribution in [0.15, 0.2) is 6.33 Å². The van der Waals surface area contributed by atoms with Gasteiger partial charge in [-0.1, -0.05) is 19.3 Å². The maximum absolute atomic E-state index is 5.14. The molecule has 0 spiro atoms. The lowest BCUT2D eigenvalue weighted by molar-refractivity contribution is 0.200. The normalized spacial score (nSPS) is 16.5. The van der Waals surface area contributed by atoms with Gasteiger partial charge in [0.25, 0.3) is 0 Å². The van der Waals surface area contributed by atoms with Gasteiger partial charge in [0.2, 0.25) is 0 Å². The number of aryl methyl sites for hydroxylation is 1. The number of ether oxygens (including phenoxy) is 1. The second-order valence-corrected chi connectivity index (χ2v) is 5.71. The van der Waals surface area contributed by atoms with Gasteiger partial charge in [-0.25, -0.2) is 14.6 Å². The van der Waals surface area contributed by atoms with Crippen molar-refractivity contribution in [1.82, 2.24) is 24.7 Å². The van der Waals surface area contributed by atoms with Gasteiger partial charge < -0.3 is 9.72 Å². The lowest BCUT2D eigenvalue weighted by Gasteiger charge is -2.22. The summed E-state index contributed by atoms with van der Waals surface area (Å²) in [6.07, 6.45) is 8.71. The first kappa shape index (κ1) is 14.3. The molecule has 0 radical (unpaired) electrons. The Morgan fingerprint density at radius 3 is 2.81 bits per heavy atom. The molecule has 0 atom stereocenters. The molecule has 0 saturated heterocycles. The molecule has 0 aliphatic heterocycles. The van der Waals surface area contributed by atoms with Crippen molar-refractivity contribution in [3.8, 4) is 11.5 Å². The summed E-state index contributed by atoms with van der Waals surface area (Å²) in [5, 5.41) is 4.74. The number of hydrogen-bond donors (Lipinski definition) is 1. The Hall–Kier alpha value is -1.69. The predicted molar refractivity (Wildman–Crippen MR) is 80.0 cm³/mol. The van der Waals surface area contributed by atoms with E-state index in [1.165, 1.54) is 32.1 Å². The van der Waals surface area contributed by atoms with Crippen LogP contribution >= 0.6 is 0 Å². The van der Waals surface area contributed by atoms with E-state index < -0.39 is 0 Å². The maximum atomic E-state index is 5.14. The first-order valence-electron chi connectivity index (χ1n) is 7.74. The third-order valence-electron chi connectivity index (χ3n) is 4.17. The fourth-order valence-corrected chi connectivity index (χ4v) is 2.99. The quantitative estimate of drug-likeness (QED) is 0.918. The Kier molecular flexibility index (Phi) is 4.34. The van der Waals surface area contributed by atoms with Gasteiger partial charge in [0, 0.05) is 19.2 Å². The molecule has 0 bridgehead atoms. The molecule has 2 aromatic rings. The van der Waals surface area contributed by atoms with E-state index in [1.54, 1.807) is 13.4 Å². The first-order chi connectivity index (χ1) is 10.3. The van der Waals surface area contributed by atoms with Crippen LogP contribution in [0.2, 0.25) is 0 Å². The van der Waals surface area contributed by atoms with E-state index >= 15 is 0 Å². The van der Waals surface area contributed by atoms with Crippen LogP contribution in [-0.2, 0) is 11.2 Å². The summed E-state index contributed by atoms with van der Waals surface area (Å²) >= 11 is 0. The lowest BCUT2D eigenvalue weighted by Crippen LogP contribution is -2.16. The van der Waals surface area contributed by atoms with Crippen molar-refractivity contribution in [2.75, 3.05) is 13.7 Å². The molecular weight excluding hydrogens is 266 g/mol. The van der Waals surface area contributed by atoms with Crippen LogP contribution < -0.4 is 0 Å². The fourth-order valence-electron chi connectivity index (χ4n) is 2.99. The Labute approximate surface area is 125 Å². The molecule has 0 amide bonds. The molecule has 2 heterocycles. The van der Waals surface area contributed by atoms with Crippen LogP contribution in [0.4, 0.5) is 0 Å². The minimum atomic E-state index is 0.452. The van der Waals surface area contributed by atoms with Gasteiger partial charge in [0.1, 0.15) is 5.69 Å². The molecule has 0 unspecified atom stereocenters. The van der Waals surface area contributed by atoms with Crippen molar-refractivity contribution in [2.24, 2.45) is 0 Å². The van der Waals surface area contributed by atoms with Crippen LogP contribution in [0.25, 0.3) is 11.5 Å². The van der Waals surface area contributed by atoms with Gasteiger partial charge in [0.15, 0.2) is 11.6 Å². The average Bonchev–Trinajstić information content (AvgIpc) is 3.12. The monoisotopic (exact) mass is 289 g/mol. The van der Waals surface area contributed by atoms with Crippen molar-refractivity contribution in [1.29, 1.82) is 0 Å². The number of nitrogens with one attached hydrogen (secondary N) is 1. The number of nitrogens with zero attached hydrogens (tertiary/aromatic N) is 4. The molecule has 1 fully saturated rings. The Morgan fingerprint density at radius 1 is 1.33 bits per heavy atom. The summed E-state index contributed by atoms with van der Waals surface area (Å²) in [6, 6.07) is 0.452. The van der Waals surface area contributed by atoms with E-state index in [0.717, 1.165) is 29.5 Å². The molecule has 3 rings (SSSR count). The largest absolute Gasteiger partial charge is 0.384 e. The summed E-state index contributed by atoms with van der Waals surface area (Å²) in [5.74, 6) is 1.74. The molecule has 6 heteroatoms.